The van der Waals surface area contributed by atoms with Gasteiger partial charge in [-0.15, -0.1) is 0 Å². The first-order chi connectivity index (χ1) is 14.5. The number of fused-ring (bicyclic) bond motifs is 1. The number of carboxylic acids is 1. The largest absolute Gasteiger partial charge is 0.545 e. The number of aromatic carboxylic acids is 1. The van der Waals surface area contributed by atoms with Crippen LogP contribution >= 0.6 is 15.9 Å². The van der Waals surface area contributed by atoms with Crippen LogP contribution < -0.4 is 14.6 Å². The lowest BCUT2D eigenvalue weighted by molar-refractivity contribution is -0.254. The number of unbranched alkanes of at least 4 members (excludes halogenated alkanes) is 3. The van der Waals surface area contributed by atoms with Gasteiger partial charge in [-0.05, 0) is 53.0 Å². The van der Waals surface area contributed by atoms with E-state index in [4.69, 9.17) is 14.5 Å². The Morgan fingerprint density at radius 1 is 1.17 bits per heavy atom. The molecule has 0 saturated carbocycles. The van der Waals surface area contributed by atoms with Crippen LogP contribution in [0, 0.1) is 6.92 Å². The van der Waals surface area contributed by atoms with Crippen LogP contribution in [0.25, 0.3) is 22.2 Å². The van der Waals surface area contributed by atoms with E-state index in [2.05, 4.69) is 22.9 Å². The number of rotatable bonds is 9. The van der Waals surface area contributed by atoms with Gasteiger partial charge in [0, 0.05) is 16.5 Å². The Morgan fingerprint density at radius 3 is 2.67 bits per heavy atom. The maximum Gasteiger partial charge on any atom is 0.175 e. The molecule has 0 saturated heterocycles. The molecule has 0 bridgehead atoms. The number of methoxy groups -OCH3 is 1. The molecule has 0 atom stereocenters. The number of para-hydroxylation sites is 1. The van der Waals surface area contributed by atoms with E-state index in [9.17, 15) is 9.90 Å². The fourth-order valence-electron chi connectivity index (χ4n) is 3.42. The summed E-state index contributed by atoms with van der Waals surface area (Å²) in [6.45, 7) is 4.69. The number of carbonyl (C=O) groups is 1. The fraction of sp³-hybridized carbons (Fsp3) is 0.333. The van der Waals surface area contributed by atoms with Gasteiger partial charge >= 0.3 is 0 Å². The number of carbonyl (C=O) groups excluding carboxylic acids is 1. The summed E-state index contributed by atoms with van der Waals surface area (Å²) < 4.78 is 12.2. The van der Waals surface area contributed by atoms with Crippen LogP contribution in [0.4, 0.5) is 0 Å². The number of benzene rings is 2. The molecule has 3 aromatic rings. The van der Waals surface area contributed by atoms with Crippen molar-refractivity contribution in [3.63, 3.8) is 0 Å². The third-order valence-corrected chi connectivity index (χ3v) is 5.62. The number of nitrogens with zero attached hydrogens (tertiary/aromatic N) is 1. The quantitative estimate of drug-likeness (QED) is 0.396. The van der Waals surface area contributed by atoms with Crippen molar-refractivity contribution in [2.24, 2.45) is 0 Å². The standard InChI is InChI=1S/C24H26BrNO4/c1-4-5-6-7-11-30-23-19(25)12-16(13-21(23)29-3)20-14-18(24(27)28)17-10-8-9-15(2)22(17)26-20/h8-10,12-14H,4-7,11H2,1-3H3,(H,27,28)/p-1. The van der Waals surface area contributed by atoms with Crippen molar-refractivity contribution in [3.8, 4) is 22.8 Å². The van der Waals surface area contributed by atoms with Crippen molar-refractivity contribution >= 4 is 32.8 Å². The van der Waals surface area contributed by atoms with Crippen LogP contribution in [0.15, 0.2) is 40.9 Å². The van der Waals surface area contributed by atoms with Gasteiger partial charge in [0.05, 0.1) is 35.4 Å². The Labute approximate surface area is 185 Å². The highest BCUT2D eigenvalue weighted by Gasteiger charge is 2.16. The molecule has 158 valence electrons. The molecule has 0 radical (unpaired) electrons. The highest BCUT2D eigenvalue weighted by Crippen LogP contribution is 2.40. The van der Waals surface area contributed by atoms with Crippen LogP contribution in [0.2, 0.25) is 0 Å². The van der Waals surface area contributed by atoms with E-state index in [0.717, 1.165) is 28.4 Å². The van der Waals surface area contributed by atoms with Gasteiger partial charge in [-0.1, -0.05) is 44.4 Å². The summed E-state index contributed by atoms with van der Waals surface area (Å²) in [5, 5.41) is 12.3. The second-order valence-corrected chi connectivity index (χ2v) is 8.07. The molecule has 0 spiro atoms. The molecule has 3 rings (SSSR count). The number of halogens is 1. The molecule has 0 N–H and O–H groups in total. The van der Waals surface area contributed by atoms with Gasteiger partial charge in [0.25, 0.3) is 0 Å². The van der Waals surface area contributed by atoms with E-state index in [-0.39, 0.29) is 5.56 Å². The number of pyridine rings is 1. The van der Waals surface area contributed by atoms with Crippen molar-refractivity contribution in [2.75, 3.05) is 13.7 Å². The first-order valence-corrected chi connectivity index (χ1v) is 10.9. The molecule has 30 heavy (non-hydrogen) atoms. The van der Waals surface area contributed by atoms with Crippen LogP contribution in [-0.2, 0) is 0 Å². The Morgan fingerprint density at radius 2 is 1.97 bits per heavy atom. The van der Waals surface area contributed by atoms with Crippen molar-refractivity contribution in [1.82, 2.24) is 4.98 Å². The van der Waals surface area contributed by atoms with Crippen LogP contribution in [0.1, 0.15) is 48.5 Å². The monoisotopic (exact) mass is 470 g/mol. The van der Waals surface area contributed by atoms with Crippen molar-refractivity contribution < 1.29 is 19.4 Å². The fourth-order valence-corrected chi connectivity index (χ4v) is 3.98. The summed E-state index contributed by atoms with van der Waals surface area (Å²) in [6, 6.07) is 10.7. The Hall–Kier alpha value is -2.60. The van der Waals surface area contributed by atoms with Gasteiger partial charge in [0.2, 0.25) is 0 Å². The zero-order valence-corrected chi connectivity index (χ0v) is 19.0. The van der Waals surface area contributed by atoms with Gasteiger partial charge < -0.3 is 19.4 Å². The highest BCUT2D eigenvalue weighted by atomic mass is 79.9. The average Bonchev–Trinajstić information content (AvgIpc) is 2.73. The van der Waals surface area contributed by atoms with Gasteiger partial charge in [-0.25, -0.2) is 4.98 Å². The molecule has 5 nitrogen and oxygen atoms in total. The second-order valence-electron chi connectivity index (χ2n) is 7.21. The molecule has 6 heteroatoms. The lowest BCUT2D eigenvalue weighted by Gasteiger charge is -2.16. The van der Waals surface area contributed by atoms with E-state index in [0.29, 0.717) is 34.7 Å². The maximum atomic E-state index is 11.8. The number of ether oxygens (including phenoxy) is 2. The van der Waals surface area contributed by atoms with Crippen molar-refractivity contribution in [3.05, 3.63) is 52.0 Å². The lowest BCUT2D eigenvalue weighted by atomic mass is 10.0. The summed E-state index contributed by atoms with van der Waals surface area (Å²) in [5.74, 6) is -0.0290. The Kier molecular flexibility index (Phi) is 7.32. The number of hydrogen-bond acceptors (Lipinski definition) is 5. The molecule has 0 aliphatic heterocycles. The van der Waals surface area contributed by atoms with Crippen LogP contribution in [-0.4, -0.2) is 24.7 Å². The summed E-state index contributed by atoms with van der Waals surface area (Å²) in [5.41, 5.74) is 2.91. The highest BCUT2D eigenvalue weighted by molar-refractivity contribution is 9.10. The molecule has 2 aromatic carbocycles. The molecule has 1 heterocycles. The predicted octanol–water partition coefficient (Wildman–Crippen LogP) is 5.30. The lowest BCUT2D eigenvalue weighted by Crippen LogP contribution is -2.22. The second kappa shape index (κ2) is 9.94. The maximum absolute atomic E-state index is 11.8. The minimum atomic E-state index is -1.23. The van der Waals surface area contributed by atoms with E-state index in [1.165, 1.54) is 12.8 Å². The van der Waals surface area contributed by atoms with Crippen molar-refractivity contribution in [2.45, 2.75) is 39.5 Å². The predicted molar refractivity (Wildman–Crippen MR) is 120 cm³/mol. The Balaban J connectivity index is 2.01. The zero-order valence-electron chi connectivity index (χ0n) is 17.5. The molecule has 1 aromatic heterocycles. The molecule has 0 fully saturated rings. The third-order valence-electron chi connectivity index (χ3n) is 5.03. The number of aryl methyl sites for hydroxylation is 1. The molecule has 0 unspecified atom stereocenters. The van der Waals surface area contributed by atoms with Gasteiger partial charge in [-0.3, -0.25) is 0 Å². The number of carboxylic acid groups (broad SMARTS) is 1. The minimum Gasteiger partial charge on any atom is -0.545 e. The smallest absolute Gasteiger partial charge is 0.175 e. The van der Waals surface area contributed by atoms with Gasteiger partial charge in [-0.2, -0.15) is 0 Å². The molecular weight excluding hydrogens is 446 g/mol. The minimum absolute atomic E-state index is 0.116. The molecular formula is C24H25BrNO4-. The SMILES string of the molecule is CCCCCCOc1c(Br)cc(-c2cc(C(=O)[O-])c3cccc(C)c3n2)cc1OC. The summed E-state index contributed by atoms with van der Waals surface area (Å²) in [7, 11) is 1.58. The van der Waals surface area contributed by atoms with E-state index in [1.807, 2.05) is 31.2 Å². The van der Waals surface area contributed by atoms with E-state index < -0.39 is 5.97 Å². The van der Waals surface area contributed by atoms with Crippen LogP contribution in [0.5, 0.6) is 11.5 Å². The average molecular weight is 471 g/mol. The summed E-state index contributed by atoms with van der Waals surface area (Å²) in [4.78, 5) is 16.5. The van der Waals surface area contributed by atoms with Crippen LogP contribution in [0.3, 0.4) is 0 Å². The first-order valence-electron chi connectivity index (χ1n) is 10.1. The number of hydrogen-bond donors (Lipinski definition) is 0. The van der Waals surface area contributed by atoms with E-state index in [1.54, 1.807) is 19.2 Å². The summed E-state index contributed by atoms with van der Waals surface area (Å²) in [6.07, 6.45) is 4.47. The third kappa shape index (κ3) is 4.75. The van der Waals surface area contributed by atoms with Crippen molar-refractivity contribution in [1.29, 1.82) is 0 Å². The Bertz CT molecular complexity index is 1060. The van der Waals surface area contributed by atoms with Gasteiger partial charge in [0.15, 0.2) is 11.5 Å². The zero-order chi connectivity index (χ0) is 21.7. The summed E-state index contributed by atoms with van der Waals surface area (Å²) >= 11 is 3.57. The number of aromatic nitrogens is 1. The molecule has 0 amide bonds. The molecule has 0 aliphatic rings. The van der Waals surface area contributed by atoms with E-state index >= 15 is 0 Å². The first kappa shape index (κ1) is 22.1. The normalized spacial score (nSPS) is 10.9. The topological polar surface area (TPSA) is 71.5 Å². The molecule has 0 aliphatic carbocycles. The van der Waals surface area contributed by atoms with Gasteiger partial charge in [0.1, 0.15) is 0 Å².